The minimum Gasteiger partial charge on any atom is -0.293 e. The summed E-state index contributed by atoms with van der Waals surface area (Å²) in [6.45, 7) is 1.49. The van der Waals surface area contributed by atoms with E-state index in [1.54, 1.807) is 0 Å². The van der Waals surface area contributed by atoms with Gasteiger partial charge in [0.1, 0.15) is 0 Å². The molecule has 0 fully saturated rings. The largest absolute Gasteiger partial charge is 0.417 e. The van der Waals surface area contributed by atoms with Gasteiger partial charge in [-0.25, -0.2) is 0 Å². The van der Waals surface area contributed by atoms with Crippen molar-refractivity contribution >= 4 is 37.6 Å². The van der Waals surface area contributed by atoms with E-state index < -0.39 is 22.4 Å². The number of Topliss-reactive ketones (excluding diaryl/α,β-unsaturated/α-hetero) is 1. The smallest absolute Gasteiger partial charge is 0.293 e. The molecule has 1 rings (SSSR count). The molecule has 1 aromatic rings. The summed E-state index contributed by atoms with van der Waals surface area (Å²) in [4.78, 5) is 10.9. The fourth-order valence-electron chi connectivity index (χ4n) is 1.18. The van der Waals surface area contributed by atoms with E-state index in [4.69, 9.17) is 0 Å². The molecule has 0 N–H and O–H groups in total. The predicted molar refractivity (Wildman–Crippen MR) is 61.9 cm³/mol. The first-order valence-electron chi connectivity index (χ1n) is 4.28. The molecule has 88 valence electrons. The highest BCUT2D eigenvalue weighted by molar-refractivity contribution is 9.10. The lowest BCUT2D eigenvalue weighted by atomic mass is 10.0. The second-order valence-electron chi connectivity index (χ2n) is 3.17. The number of benzene rings is 1. The van der Waals surface area contributed by atoms with Crippen LogP contribution in [0.5, 0.6) is 0 Å². The van der Waals surface area contributed by atoms with Crippen LogP contribution in [-0.2, 0) is 6.18 Å². The summed E-state index contributed by atoms with van der Waals surface area (Å²) < 4.78 is 38.3. The molecule has 1 unspecified atom stereocenters. The molecule has 0 saturated carbocycles. The standard InChI is InChI=1S/C10H7Br2F3O/c1-5(11)9(16)7-4-6(12)2-3-8(7)10(13,14)15/h2-5H,1H3. The molecule has 0 aliphatic heterocycles. The van der Waals surface area contributed by atoms with Gasteiger partial charge in [-0.3, -0.25) is 4.79 Å². The molecule has 0 aromatic heterocycles. The van der Waals surface area contributed by atoms with Gasteiger partial charge in [0.15, 0.2) is 5.78 Å². The van der Waals surface area contributed by atoms with Crippen LogP contribution in [0.1, 0.15) is 22.8 Å². The van der Waals surface area contributed by atoms with Crippen molar-refractivity contribution in [2.45, 2.75) is 17.9 Å². The Morgan fingerprint density at radius 2 is 1.94 bits per heavy atom. The Balaban J connectivity index is 3.35. The Hall–Kier alpha value is -0.360. The molecule has 1 nitrogen and oxygen atoms in total. The third kappa shape index (κ3) is 3.07. The third-order valence-corrected chi connectivity index (χ3v) is 2.82. The van der Waals surface area contributed by atoms with Crippen LogP contribution in [0.2, 0.25) is 0 Å². The number of halogens is 5. The van der Waals surface area contributed by atoms with Gasteiger partial charge in [0, 0.05) is 10.0 Å². The summed E-state index contributed by atoms with van der Waals surface area (Å²) in [5.41, 5.74) is -1.24. The first-order chi connectivity index (χ1) is 7.23. The van der Waals surface area contributed by atoms with E-state index in [-0.39, 0.29) is 5.56 Å². The highest BCUT2D eigenvalue weighted by atomic mass is 79.9. The summed E-state index contributed by atoms with van der Waals surface area (Å²) in [6, 6.07) is 3.34. The Kier molecular flexibility index (Phi) is 4.17. The van der Waals surface area contributed by atoms with Crippen molar-refractivity contribution in [2.24, 2.45) is 0 Å². The molecule has 0 aliphatic rings. The SMILES string of the molecule is CC(Br)C(=O)c1cc(Br)ccc1C(F)(F)F. The molecule has 0 heterocycles. The van der Waals surface area contributed by atoms with Crippen LogP contribution in [-0.4, -0.2) is 10.6 Å². The van der Waals surface area contributed by atoms with E-state index in [0.717, 1.165) is 6.07 Å². The van der Waals surface area contributed by atoms with Gasteiger partial charge in [-0.1, -0.05) is 31.9 Å². The van der Waals surface area contributed by atoms with E-state index in [1.807, 2.05) is 0 Å². The normalized spacial score (nSPS) is 13.6. The van der Waals surface area contributed by atoms with Crippen molar-refractivity contribution in [3.05, 3.63) is 33.8 Å². The fourth-order valence-corrected chi connectivity index (χ4v) is 1.79. The molecular weight excluding hydrogens is 353 g/mol. The van der Waals surface area contributed by atoms with Crippen molar-refractivity contribution in [3.63, 3.8) is 0 Å². The average molecular weight is 360 g/mol. The number of carbonyl (C=O) groups excluding carboxylic acids is 1. The maximum absolute atomic E-state index is 12.6. The Bertz CT molecular complexity index is 413. The maximum Gasteiger partial charge on any atom is 0.417 e. The van der Waals surface area contributed by atoms with Crippen molar-refractivity contribution in [1.29, 1.82) is 0 Å². The van der Waals surface area contributed by atoms with Gasteiger partial charge in [-0.05, 0) is 25.1 Å². The van der Waals surface area contributed by atoms with Crippen LogP contribution >= 0.6 is 31.9 Å². The second kappa shape index (κ2) is 4.87. The van der Waals surface area contributed by atoms with E-state index in [1.165, 1.54) is 19.1 Å². The van der Waals surface area contributed by atoms with Crippen molar-refractivity contribution in [1.82, 2.24) is 0 Å². The van der Waals surface area contributed by atoms with Crippen molar-refractivity contribution in [2.75, 3.05) is 0 Å². The van der Waals surface area contributed by atoms with Gasteiger partial charge in [0.2, 0.25) is 0 Å². The summed E-state index contributed by atoms with van der Waals surface area (Å²) >= 11 is 6.02. The number of ketones is 1. The molecule has 6 heteroatoms. The predicted octanol–water partition coefficient (Wildman–Crippen LogP) is 4.43. The monoisotopic (exact) mass is 358 g/mol. The summed E-state index contributed by atoms with van der Waals surface area (Å²) in [5.74, 6) is -0.589. The molecule has 0 spiro atoms. The van der Waals surface area contributed by atoms with Crippen LogP contribution in [0.15, 0.2) is 22.7 Å². The Labute approximate surface area is 107 Å². The average Bonchev–Trinajstić information content (AvgIpc) is 2.14. The van der Waals surface area contributed by atoms with Gasteiger partial charge in [-0.15, -0.1) is 0 Å². The van der Waals surface area contributed by atoms with Crippen LogP contribution in [0.3, 0.4) is 0 Å². The zero-order valence-corrected chi connectivity index (χ0v) is 11.3. The number of carbonyl (C=O) groups is 1. The van der Waals surface area contributed by atoms with E-state index >= 15 is 0 Å². The highest BCUT2D eigenvalue weighted by Gasteiger charge is 2.35. The lowest BCUT2D eigenvalue weighted by Gasteiger charge is -2.13. The number of hydrogen-bond acceptors (Lipinski definition) is 1. The van der Waals surface area contributed by atoms with Gasteiger partial charge < -0.3 is 0 Å². The van der Waals surface area contributed by atoms with Gasteiger partial charge >= 0.3 is 6.18 Å². The molecule has 0 aliphatic carbocycles. The van der Waals surface area contributed by atoms with Crippen molar-refractivity contribution < 1.29 is 18.0 Å². The lowest BCUT2D eigenvalue weighted by Crippen LogP contribution is -2.17. The van der Waals surface area contributed by atoms with Gasteiger partial charge in [0.25, 0.3) is 0 Å². The first-order valence-corrected chi connectivity index (χ1v) is 5.99. The number of alkyl halides is 4. The molecule has 0 bridgehead atoms. The summed E-state index contributed by atoms with van der Waals surface area (Å²) in [7, 11) is 0. The minimum absolute atomic E-state index is 0.328. The van der Waals surface area contributed by atoms with Crippen LogP contribution in [0, 0.1) is 0 Å². The van der Waals surface area contributed by atoms with Gasteiger partial charge in [-0.2, -0.15) is 13.2 Å². The molecule has 0 radical (unpaired) electrons. The molecule has 1 aromatic carbocycles. The first kappa shape index (κ1) is 13.7. The molecular formula is C10H7Br2F3O. The van der Waals surface area contributed by atoms with Crippen molar-refractivity contribution in [3.8, 4) is 0 Å². The molecule has 1 atom stereocenters. The van der Waals surface area contributed by atoms with Crippen LogP contribution in [0.4, 0.5) is 13.2 Å². The zero-order valence-electron chi connectivity index (χ0n) is 8.11. The third-order valence-electron chi connectivity index (χ3n) is 1.91. The van der Waals surface area contributed by atoms with E-state index in [9.17, 15) is 18.0 Å². The quantitative estimate of drug-likeness (QED) is 0.563. The second-order valence-corrected chi connectivity index (χ2v) is 5.46. The number of rotatable bonds is 2. The molecule has 0 saturated heterocycles. The molecule has 0 amide bonds. The number of hydrogen-bond donors (Lipinski definition) is 0. The molecule has 16 heavy (non-hydrogen) atoms. The summed E-state index contributed by atoms with van der Waals surface area (Å²) in [6.07, 6.45) is -4.52. The zero-order chi connectivity index (χ0) is 12.5. The fraction of sp³-hybridized carbons (Fsp3) is 0.300. The Morgan fingerprint density at radius 1 is 1.38 bits per heavy atom. The van der Waals surface area contributed by atoms with Gasteiger partial charge in [0.05, 0.1) is 10.4 Å². The van der Waals surface area contributed by atoms with E-state index in [0.29, 0.717) is 4.47 Å². The lowest BCUT2D eigenvalue weighted by molar-refractivity contribution is -0.137. The minimum atomic E-state index is -4.52. The maximum atomic E-state index is 12.6. The van der Waals surface area contributed by atoms with Crippen LogP contribution < -0.4 is 0 Å². The summed E-state index contributed by atoms with van der Waals surface area (Å²) in [5, 5.41) is 0. The van der Waals surface area contributed by atoms with Crippen LogP contribution in [0.25, 0.3) is 0 Å². The Morgan fingerprint density at radius 3 is 2.38 bits per heavy atom. The highest BCUT2D eigenvalue weighted by Crippen LogP contribution is 2.34. The topological polar surface area (TPSA) is 17.1 Å². The van der Waals surface area contributed by atoms with E-state index in [2.05, 4.69) is 31.9 Å².